The Bertz CT molecular complexity index is 452. The van der Waals surface area contributed by atoms with Gasteiger partial charge in [0.25, 0.3) is 0 Å². The summed E-state index contributed by atoms with van der Waals surface area (Å²) in [7, 11) is 0. The van der Waals surface area contributed by atoms with Crippen LogP contribution in [0.15, 0.2) is 18.2 Å². The van der Waals surface area contributed by atoms with Crippen molar-refractivity contribution in [2.45, 2.75) is 5.33 Å². The molecular weight excluding hydrogens is 275 g/mol. The van der Waals surface area contributed by atoms with Gasteiger partial charge in [0, 0.05) is 5.33 Å². The summed E-state index contributed by atoms with van der Waals surface area (Å²) in [5.41, 5.74) is 1.07. The van der Waals surface area contributed by atoms with Crippen LogP contribution in [0.1, 0.15) is 5.56 Å². The zero-order chi connectivity index (χ0) is 9.42. The van der Waals surface area contributed by atoms with Gasteiger partial charge in [0.1, 0.15) is 0 Å². The van der Waals surface area contributed by atoms with Crippen molar-refractivity contribution in [2.75, 3.05) is 0 Å². The lowest BCUT2D eigenvalue weighted by Crippen LogP contribution is -1.76. The molecule has 0 aliphatic heterocycles. The van der Waals surface area contributed by atoms with E-state index < -0.39 is 0 Å². The molecule has 0 aliphatic rings. The lowest BCUT2D eigenvalue weighted by Gasteiger charge is -1.97. The third kappa shape index (κ3) is 1.73. The van der Waals surface area contributed by atoms with Crippen molar-refractivity contribution in [3.8, 4) is 0 Å². The quantitative estimate of drug-likeness (QED) is 0.670. The van der Waals surface area contributed by atoms with Gasteiger partial charge >= 0.3 is 0 Å². The molecule has 0 bridgehead atoms. The normalized spacial score (nSPS) is 11.0. The second-order valence-corrected chi connectivity index (χ2v) is 4.65. The lowest BCUT2D eigenvalue weighted by molar-refractivity contribution is 0.658. The summed E-state index contributed by atoms with van der Waals surface area (Å²) in [6.07, 6.45) is 0. The maximum Gasteiger partial charge on any atom is 0.177 e. The summed E-state index contributed by atoms with van der Waals surface area (Å²) < 4.78 is 13.7. The molecular formula is C9H5BrClFS. The molecule has 2 aromatic rings. The molecule has 1 aromatic heterocycles. The number of benzene rings is 1. The zero-order valence-electron chi connectivity index (χ0n) is 6.48. The SMILES string of the molecule is Fc1cc2cc(CBr)cc(Cl)c2s1. The van der Waals surface area contributed by atoms with Gasteiger partial charge in [-0.1, -0.05) is 27.5 Å². The highest BCUT2D eigenvalue weighted by Crippen LogP contribution is 2.32. The van der Waals surface area contributed by atoms with Crippen molar-refractivity contribution in [1.29, 1.82) is 0 Å². The minimum absolute atomic E-state index is 0.191. The van der Waals surface area contributed by atoms with Gasteiger partial charge in [-0.3, -0.25) is 0 Å². The van der Waals surface area contributed by atoms with Crippen LogP contribution in [-0.2, 0) is 5.33 Å². The van der Waals surface area contributed by atoms with Crippen LogP contribution in [0.2, 0.25) is 5.02 Å². The molecule has 0 radical (unpaired) electrons. The van der Waals surface area contributed by atoms with Crippen LogP contribution >= 0.6 is 38.9 Å². The molecule has 0 nitrogen and oxygen atoms in total. The van der Waals surface area contributed by atoms with Gasteiger partial charge in [0.05, 0.1) is 9.72 Å². The van der Waals surface area contributed by atoms with Crippen LogP contribution in [0, 0.1) is 5.13 Å². The van der Waals surface area contributed by atoms with Crippen molar-refractivity contribution in [3.05, 3.63) is 33.9 Å². The Morgan fingerprint density at radius 2 is 2.15 bits per heavy atom. The maximum atomic E-state index is 12.9. The van der Waals surface area contributed by atoms with Gasteiger partial charge in [-0.05, 0) is 29.1 Å². The van der Waals surface area contributed by atoms with E-state index in [1.165, 1.54) is 6.07 Å². The third-order valence-electron chi connectivity index (χ3n) is 1.75. The fourth-order valence-corrected chi connectivity index (χ4v) is 2.68. The minimum atomic E-state index is -0.191. The summed E-state index contributed by atoms with van der Waals surface area (Å²) in [6, 6.07) is 5.31. The molecule has 1 aromatic carbocycles. The Morgan fingerprint density at radius 1 is 1.38 bits per heavy atom. The van der Waals surface area contributed by atoms with E-state index in [0.717, 1.165) is 32.3 Å². The standard InChI is InChI=1S/C9H5BrClFS/c10-4-5-1-6-3-8(12)13-9(6)7(11)2-5/h1-3H,4H2. The summed E-state index contributed by atoms with van der Waals surface area (Å²) >= 11 is 10.4. The summed E-state index contributed by atoms with van der Waals surface area (Å²) in [5, 5.41) is 2.05. The average Bonchev–Trinajstić information content (AvgIpc) is 2.46. The zero-order valence-corrected chi connectivity index (χ0v) is 9.64. The number of alkyl halides is 1. The van der Waals surface area contributed by atoms with Crippen LogP contribution in [0.3, 0.4) is 0 Å². The highest BCUT2D eigenvalue weighted by atomic mass is 79.9. The second kappa shape index (κ2) is 3.56. The Morgan fingerprint density at radius 3 is 2.85 bits per heavy atom. The van der Waals surface area contributed by atoms with E-state index in [2.05, 4.69) is 15.9 Å². The first kappa shape index (κ1) is 9.44. The van der Waals surface area contributed by atoms with E-state index in [1.54, 1.807) is 0 Å². The smallest absolute Gasteiger partial charge is 0.177 e. The van der Waals surface area contributed by atoms with Gasteiger partial charge in [0.2, 0.25) is 0 Å². The highest BCUT2D eigenvalue weighted by Gasteiger charge is 2.06. The van der Waals surface area contributed by atoms with E-state index in [1.807, 2.05) is 12.1 Å². The summed E-state index contributed by atoms with van der Waals surface area (Å²) in [4.78, 5) is 0. The van der Waals surface area contributed by atoms with Crippen LogP contribution < -0.4 is 0 Å². The predicted molar refractivity (Wildman–Crippen MR) is 59.4 cm³/mol. The topological polar surface area (TPSA) is 0 Å². The van der Waals surface area contributed by atoms with E-state index in [0.29, 0.717) is 5.02 Å². The Labute approximate surface area is 92.5 Å². The highest BCUT2D eigenvalue weighted by molar-refractivity contribution is 9.08. The van der Waals surface area contributed by atoms with Gasteiger partial charge in [0.15, 0.2) is 5.13 Å². The first-order chi connectivity index (χ1) is 6.20. The molecule has 68 valence electrons. The van der Waals surface area contributed by atoms with E-state index in [-0.39, 0.29) is 5.13 Å². The van der Waals surface area contributed by atoms with Crippen molar-refractivity contribution in [3.63, 3.8) is 0 Å². The van der Waals surface area contributed by atoms with E-state index in [9.17, 15) is 4.39 Å². The molecule has 0 saturated carbocycles. The molecule has 0 amide bonds. The van der Waals surface area contributed by atoms with Crippen molar-refractivity contribution < 1.29 is 4.39 Å². The first-order valence-corrected chi connectivity index (χ1v) is 5.96. The monoisotopic (exact) mass is 278 g/mol. The number of rotatable bonds is 1. The van der Waals surface area contributed by atoms with E-state index in [4.69, 9.17) is 11.6 Å². The molecule has 0 atom stereocenters. The number of hydrogen-bond acceptors (Lipinski definition) is 1. The number of fused-ring (bicyclic) bond motifs is 1. The number of hydrogen-bond donors (Lipinski definition) is 0. The summed E-state index contributed by atoms with van der Waals surface area (Å²) in [6.45, 7) is 0. The Hall–Kier alpha value is -0.120. The number of halogens is 3. The predicted octanol–water partition coefficient (Wildman–Crippen LogP) is 4.59. The van der Waals surface area contributed by atoms with E-state index >= 15 is 0 Å². The van der Waals surface area contributed by atoms with Gasteiger partial charge < -0.3 is 0 Å². The fourth-order valence-electron chi connectivity index (χ4n) is 1.21. The van der Waals surface area contributed by atoms with Crippen molar-refractivity contribution in [1.82, 2.24) is 0 Å². The molecule has 0 N–H and O–H groups in total. The average molecular weight is 280 g/mol. The lowest BCUT2D eigenvalue weighted by atomic mass is 10.2. The number of thiophene rings is 1. The molecule has 13 heavy (non-hydrogen) atoms. The molecule has 4 heteroatoms. The second-order valence-electron chi connectivity index (χ2n) is 2.68. The molecule has 0 spiro atoms. The van der Waals surface area contributed by atoms with Gasteiger partial charge in [-0.15, -0.1) is 11.3 Å². The first-order valence-electron chi connectivity index (χ1n) is 3.64. The minimum Gasteiger partial charge on any atom is -0.195 e. The van der Waals surface area contributed by atoms with Crippen molar-refractivity contribution >= 4 is 49.0 Å². The molecule has 0 fully saturated rings. The van der Waals surface area contributed by atoms with Crippen LogP contribution in [0.4, 0.5) is 4.39 Å². The molecule has 1 heterocycles. The van der Waals surface area contributed by atoms with Crippen LogP contribution in [0.5, 0.6) is 0 Å². The van der Waals surface area contributed by atoms with Gasteiger partial charge in [-0.2, -0.15) is 4.39 Å². The van der Waals surface area contributed by atoms with Crippen LogP contribution in [0.25, 0.3) is 10.1 Å². The van der Waals surface area contributed by atoms with Crippen LogP contribution in [-0.4, -0.2) is 0 Å². The fraction of sp³-hybridized carbons (Fsp3) is 0.111. The molecule has 0 saturated heterocycles. The Balaban J connectivity index is 2.75. The maximum absolute atomic E-state index is 12.9. The Kier molecular flexibility index (Phi) is 2.58. The largest absolute Gasteiger partial charge is 0.195 e. The molecule has 0 unspecified atom stereocenters. The summed E-state index contributed by atoms with van der Waals surface area (Å²) in [5.74, 6) is 0. The molecule has 2 rings (SSSR count). The molecule has 0 aliphatic carbocycles. The van der Waals surface area contributed by atoms with Crippen molar-refractivity contribution in [2.24, 2.45) is 0 Å². The third-order valence-corrected chi connectivity index (χ3v) is 3.79. The van der Waals surface area contributed by atoms with Gasteiger partial charge in [-0.25, -0.2) is 0 Å².